The fourth-order valence-electron chi connectivity index (χ4n) is 3.31. The van der Waals surface area contributed by atoms with Crippen LogP contribution < -0.4 is 10.6 Å². The maximum Gasteiger partial charge on any atom is 0.208 e. The van der Waals surface area contributed by atoms with Gasteiger partial charge >= 0.3 is 0 Å². The Hall–Kier alpha value is -0.870. The Morgan fingerprint density at radius 1 is 1.28 bits per heavy atom. The molecule has 1 aromatic heterocycles. The van der Waals surface area contributed by atoms with Crippen LogP contribution in [0.1, 0.15) is 50.5 Å². The van der Waals surface area contributed by atoms with Crippen molar-refractivity contribution in [2.24, 2.45) is 16.8 Å². The van der Waals surface area contributed by atoms with E-state index in [-0.39, 0.29) is 24.0 Å². The molecule has 1 aromatic rings. The Bertz CT molecular complexity index is 578. The highest BCUT2D eigenvalue weighted by Gasteiger charge is 2.21. The summed E-state index contributed by atoms with van der Waals surface area (Å²) in [4.78, 5) is 11.3. The predicted octanol–water partition coefficient (Wildman–Crippen LogP) is 3.35. The molecule has 1 aliphatic heterocycles. The number of nitrogens with one attached hydrogen (secondary N) is 2. The summed E-state index contributed by atoms with van der Waals surface area (Å²) < 4.78 is 11.3. The van der Waals surface area contributed by atoms with Crippen LogP contribution in [-0.2, 0) is 11.3 Å². The minimum Gasteiger partial charge on any atom is -0.444 e. The van der Waals surface area contributed by atoms with E-state index in [1.165, 1.54) is 12.8 Å². The quantitative estimate of drug-likeness (QED) is 0.213. The van der Waals surface area contributed by atoms with E-state index < -0.39 is 0 Å². The largest absolute Gasteiger partial charge is 0.444 e. The zero-order valence-electron chi connectivity index (χ0n) is 18.8. The van der Waals surface area contributed by atoms with Gasteiger partial charge < -0.3 is 19.8 Å². The Labute approximate surface area is 193 Å². The first-order chi connectivity index (χ1) is 13.5. The molecule has 1 fully saturated rings. The van der Waals surface area contributed by atoms with Crippen LogP contribution in [-0.4, -0.2) is 62.3 Å². The number of aromatic nitrogens is 1. The Balaban J connectivity index is 0.00000420. The molecule has 168 valence electrons. The molecular formula is C21H40IN5O2. The Morgan fingerprint density at radius 2 is 2.00 bits per heavy atom. The molecule has 0 bridgehead atoms. The van der Waals surface area contributed by atoms with Crippen molar-refractivity contribution < 1.29 is 9.15 Å². The SMILES string of the molecule is CN=C(NCCCOCC(C)C)NCC1CCN(Cc2nc(C)c(C)o2)CC1.I. The molecule has 1 saturated heterocycles. The third-order valence-electron chi connectivity index (χ3n) is 5.13. The van der Waals surface area contributed by atoms with Crippen molar-refractivity contribution in [2.75, 3.05) is 46.4 Å². The third kappa shape index (κ3) is 10.1. The fraction of sp³-hybridized carbons (Fsp3) is 0.810. The van der Waals surface area contributed by atoms with Gasteiger partial charge in [0.05, 0.1) is 12.2 Å². The normalized spacial score (nSPS) is 16.1. The smallest absolute Gasteiger partial charge is 0.208 e. The van der Waals surface area contributed by atoms with Crippen molar-refractivity contribution in [3.05, 3.63) is 17.3 Å². The monoisotopic (exact) mass is 521 g/mol. The van der Waals surface area contributed by atoms with E-state index in [0.29, 0.717) is 11.8 Å². The van der Waals surface area contributed by atoms with Gasteiger partial charge in [0.15, 0.2) is 5.96 Å². The number of oxazole rings is 1. The number of hydrogen-bond donors (Lipinski definition) is 2. The van der Waals surface area contributed by atoms with Crippen molar-refractivity contribution in [1.82, 2.24) is 20.5 Å². The highest BCUT2D eigenvalue weighted by atomic mass is 127. The molecular weight excluding hydrogens is 481 g/mol. The summed E-state index contributed by atoms with van der Waals surface area (Å²) in [6.45, 7) is 14.8. The summed E-state index contributed by atoms with van der Waals surface area (Å²) in [5, 5.41) is 6.85. The number of hydrogen-bond acceptors (Lipinski definition) is 5. The third-order valence-corrected chi connectivity index (χ3v) is 5.13. The molecule has 0 spiro atoms. The molecule has 0 atom stereocenters. The van der Waals surface area contributed by atoms with Gasteiger partial charge in [-0.15, -0.1) is 24.0 Å². The fourth-order valence-corrected chi connectivity index (χ4v) is 3.31. The molecule has 29 heavy (non-hydrogen) atoms. The Kier molecular flexibility index (Phi) is 12.8. The highest BCUT2D eigenvalue weighted by molar-refractivity contribution is 14.0. The summed E-state index contributed by atoms with van der Waals surface area (Å²) >= 11 is 0. The van der Waals surface area contributed by atoms with Crippen molar-refractivity contribution in [3.63, 3.8) is 0 Å². The van der Waals surface area contributed by atoms with E-state index in [9.17, 15) is 0 Å². The first-order valence-corrected chi connectivity index (χ1v) is 10.7. The first-order valence-electron chi connectivity index (χ1n) is 10.7. The van der Waals surface area contributed by atoms with Gasteiger partial charge in [-0.05, 0) is 58.0 Å². The molecule has 8 heteroatoms. The van der Waals surface area contributed by atoms with Gasteiger partial charge in [0.1, 0.15) is 5.76 Å². The summed E-state index contributed by atoms with van der Waals surface area (Å²) in [6, 6.07) is 0. The van der Waals surface area contributed by atoms with Gasteiger partial charge in [-0.1, -0.05) is 13.8 Å². The molecule has 2 rings (SSSR count). The lowest BCUT2D eigenvalue weighted by Gasteiger charge is -2.31. The molecule has 0 amide bonds. The maximum atomic E-state index is 5.71. The summed E-state index contributed by atoms with van der Waals surface area (Å²) in [5.41, 5.74) is 0.999. The molecule has 0 saturated carbocycles. The molecule has 0 radical (unpaired) electrons. The average Bonchev–Trinajstić information content (AvgIpc) is 2.98. The lowest BCUT2D eigenvalue weighted by Crippen LogP contribution is -2.43. The summed E-state index contributed by atoms with van der Waals surface area (Å²) in [6.07, 6.45) is 3.36. The molecule has 2 N–H and O–H groups in total. The van der Waals surface area contributed by atoms with E-state index >= 15 is 0 Å². The summed E-state index contributed by atoms with van der Waals surface area (Å²) in [5.74, 6) is 3.93. The molecule has 0 unspecified atom stereocenters. The van der Waals surface area contributed by atoms with Crippen molar-refractivity contribution in [3.8, 4) is 0 Å². The van der Waals surface area contributed by atoms with E-state index in [4.69, 9.17) is 9.15 Å². The number of nitrogens with zero attached hydrogens (tertiary/aromatic N) is 3. The lowest BCUT2D eigenvalue weighted by atomic mass is 9.97. The standard InChI is InChI=1S/C21H39N5O2.HI/c1-16(2)15-27-12-6-9-23-21(22-5)24-13-19-7-10-26(11-8-19)14-20-25-17(3)18(4)28-20;/h16,19H,6-15H2,1-5H3,(H2,22,23,24);1H. The van der Waals surface area contributed by atoms with Crippen LogP contribution in [0.4, 0.5) is 0 Å². The number of likely N-dealkylation sites (tertiary alicyclic amines) is 1. The van der Waals surface area contributed by atoms with Crippen LogP contribution in [0.3, 0.4) is 0 Å². The predicted molar refractivity (Wildman–Crippen MR) is 129 cm³/mol. The van der Waals surface area contributed by atoms with Gasteiger partial charge in [-0.2, -0.15) is 0 Å². The number of halogens is 1. The number of aliphatic imine (C=N–C) groups is 1. The van der Waals surface area contributed by atoms with Crippen molar-refractivity contribution in [1.29, 1.82) is 0 Å². The minimum absolute atomic E-state index is 0. The molecule has 7 nitrogen and oxygen atoms in total. The first kappa shape index (κ1) is 26.2. The topological polar surface area (TPSA) is 74.9 Å². The number of rotatable bonds is 10. The van der Waals surface area contributed by atoms with E-state index in [2.05, 4.69) is 39.4 Å². The number of guanidine groups is 1. The second-order valence-corrected chi connectivity index (χ2v) is 8.17. The van der Waals surface area contributed by atoms with Gasteiger partial charge in [-0.3, -0.25) is 9.89 Å². The number of piperidine rings is 1. The highest BCUT2D eigenvalue weighted by Crippen LogP contribution is 2.19. The van der Waals surface area contributed by atoms with Crippen LogP contribution in [0.15, 0.2) is 9.41 Å². The van der Waals surface area contributed by atoms with Crippen LogP contribution in [0, 0.1) is 25.7 Å². The van der Waals surface area contributed by atoms with E-state index in [0.717, 1.165) is 75.7 Å². The van der Waals surface area contributed by atoms with Crippen molar-refractivity contribution >= 4 is 29.9 Å². The van der Waals surface area contributed by atoms with Gasteiger partial charge in [0, 0.05) is 33.4 Å². The number of aryl methyl sites for hydroxylation is 2. The lowest BCUT2D eigenvalue weighted by molar-refractivity contribution is 0.108. The van der Waals surface area contributed by atoms with Crippen LogP contribution in [0.25, 0.3) is 0 Å². The molecule has 2 heterocycles. The van der Waals surface area contributed by atoms with Gasteiger partial charge in [0.25, 0.3) is 0 Å². The Morgan fingerprint density at radius 3 is 2.59 bits per heavy atom. The van der Waals surface area contributed by atoms with Crippen molar-refractivity contribution in [2.45, 2.75) is 53.5 Å². The van der Waals surface area contributed by atoms with Crippen LogP contribution >= 0.6 is 24.0 Å². The van der Waals surface area contributed by atoms with Crippen LogP contribution in [0.5, 0.6) is 0 Å². The summed E-state index contributed by atoms with van der Waals surface area (Å²) in [7, 11) is 1.83. The van der Waals surface area contributed by atoms with Gasteiger partial charge in [0.2, 0.25) is 5.89 Å². The van der Waals surface area contributed by atoms with E-state index in [1.807, 2.05) is 20.9 Å². The second-order valence-electron chi connectivity index (χ2n) is 8.17. The molecule has 0 aliphatic carbocycles. The average molecular weight is 521 g/mol. The van der Waals surface area contributed by atoms with Gasteiger partial charge in [-0.25, -0.2) is 4.98 Å². The molecule has 1 aliphatic rings. The minimum atomic E-state index is 0. The van der Waals surface area contributed by atoms with Crippen LogP contribution in [0.2, 0.25) is 0 Å². The maximum absolute atomic E-state index is 5.71. The molecule has 0 aromatic carbocycles. The second kappa shape index (κ2) is 14.2. The number of ether oxygens (including phenoxy) is 1. The zero-order valence-corrected chi connectivity index (χ0v) is 21.1. The van der Waals surface area contributed by atoms with E-state index in [1.54, 1.807) is 0 Å². The zero-order chi connectivity index (χ0) is 20.4.